The number of amides is 1. The van der Waals surface area contributed by atoms with Crippen LogP contribution in [-0.4, -0.2) is 17.4 Å². The summed E-state index contributed by atoms with van der Waals surface area (Å²) in [5, 5.41) is 2.84. The van der Waals surface area contributed by atoms with Crippen LogP contribution in [0, 0.1) is 12.8 Å². The van der Waals surface area contributed by atoms with Gasteiger partial charge in [-0.05, 0) is 31.0 Å². The molecule has 4 heteroatoms. The third-order valence-corrected chi connectivity index (χ3v) is 2.89. The molecule has 0 atom stereocenters. The number of nitrogens with zero attached hydrogens (tertiary/aromatic N) is 1. The summed E-state index contributed by atoms with van der Waals surface area (Å²) in [5.74, 6) is 1.56. The first kappa shape index (κ1) is 15.0. The number of hydrogen-bond donors (Lipinski definition) is 1. The molecule has 4 nitrogen and oxygen atoms in total. The standard InChI is InChI=1S/C17H20N2O2/c1-12(2)11-19-17(20)16-10-15(8-9-18-16)21-14-6-4-13(3)5-7-14/h4-10,12H,11H2,1-3H3,(H,19,20). The highest BCUT2D eigenvalue weighted by Crippen LogP contribution is 2.21. The highest BCUT2D eigenvalue weighted by atomic mass is 16.5. The average Bonchev–Trinajstić information content (AvgIpc) is 2.47. The van der Waals surface area contributed by atoms with Crippen molar-refractivity contribution in [1.29, 1.82) is 0 Å². The Morgan fingerprint density at radius 3 is 2.57 bits per heavy atom. The van der Waals surface area contributed by atoms with Gasteiger partial charge in [0.05, 0.1) is 0 Å². The van der Waals surface area contributed by atoms with Gasteiger partial charge in [-0.2, -0.15) is 0 Å². The molecular weight excluding hydrogens is 264 g/mol. The molecule has 1 aromatic carbocycles. The fraction of sp³-hybridized carbons (Fsp3) is 0.294. The van der Waals surface area contributed by atoms with Gasteiger partial charge in [0.1, 0.15) is 17.2 Å². The van der Waals surface area contributed by atoms with Crippen molar-refractivity contribution >= 4 is 5.91 Å². The second-order valence-electron chi connectivity index (χ2n) is 5.40. The summed E-state index contributed by atoms with van der Waals surface area (Å²) < 4.78 is 5.73. The summed E-state index contributed by atoms with van der Waals surface area (Å²) in [5.41, 5.74) is 1.53. The van der Waals surface area contributed by atoms with Crippen LogP contribution in [0.5, 0.6) is 11.5 Å². The summed E-state index contributed by atoms with van der Waals surface area (Å²) in [7, 11) is 0. The Hall–Kier alpha value is -2.36. The summed E-state index contributed by atoms with van der Waals surface area (Å²) >= 11 is 0. The van der Waals surface area contributed by atoms with E-state index in [0.29, 0.717) is 23.9 Å². The number of rotatable bonds is 5. The first-order chi connectivity index (χ1) is 10.0. The van der Waals surface area contributed by atoms with E-state index in [9.17, 15) is 4.79 Å². The molecule has 0 saturated heterocycles. The third kappa shape index (κ3) is 4.60. The quantitative estimate of drug-likeness (QED) is 0.913. The van der Waals surface area contributed by atoms with Gasteiger partial charge in [0.2, 0.25) is 0 Å². The van der Waals surface area contributed by atoms with E-state index in [0.717, 1.165) is 5.75 Å². The van der Waals surface area contributed by atoms with E-state index in [-0.39, 0.29) is 5.91 Å². The number of ether oxygens (including phenoxy) is 1. The summed E-state index contributed by atoms with van der Waals surface area (Å²) in [6.07, 6.45) is 1.58. The van der Waals surface area contributed by atoms with Gasteiger partial charge in [-0.15, -0.1) is 0 Å². The zero-order valence-electron chi connectivity index (χ0n) is 12.6. The number of hydrogen-bond acceptors (Lipinski definition) is 3. The number of carbonyl (C=O) groups excluding carboxylic acids is 1. The lowest BCUT2D eigenvalue weighted by Crippen LogP contribution is -2.27. The SMILES string of the molecule is Cc1ccc(Oc2ccnc(C(=O)NCC(C)C)c2)cc1. The number of aryl methyl sites for hydroxylation is 1. The number of aromatic nitrogens is 1. The zero-order valence-corrected chi connectivity index (χ0v) is 12.6. The maximum atomic E-state index is 12.0. The molecule has 110 valence electrons. The molecule has 0 bridgehead atoms. The van der Waals surface area contributed by atoms with E-state index in [2.05, 4.69) is 10.3 Å². The molecule has 0 unspecified atom stereocenters. The first-order valence-corrected chi connectivity index (χ1v) is 7.03. The predicted molar refractivity (Wildman–Crippen MR) is 82.7 cm³/mol. The number of pyridine rings is 1. The number of nitrogens with one attached hydrogen (secondary N) is 1. The Morgan fingerprint density at radius 1 is 1.19 bits per heavy atom. The van der Waals surface area contributed by atoms with Crippen molar-refractivity contribution in [1.82, 2.24) is 10.3 Å². The summed E-state index contributed by atoms with van der Waals surface area (Å²) in [6.45, 7) is 6.74. The molecule has 0 aliphatic rings. The summed E-state index contributed by atoms with van der Waals surface area (Å²) in [4.78, 5) is 16.1. The van der Waals surface area contributed by atoms with E-state index >= 15 is 0 Å². The van der Waals surface area contributed by atoms with Crippen LogP contribution >= 0.6 is 0 Å². The van der Waals surface area contributed by atoms with Crippen molar-refractivity contribution in [3.63, 3.8) is 0 Å². The molecule has 0 aliphatic heterocycles. The Bertz CT molecular complexity index is 606. The van der Waals surface area contributed by atoms with Crippen LogP contribution < -0.4 is 10.1 Å². The Morgan fingerprint density at radius 2 is 1.90 bits per heavy atom. The van der Waals surface area contributed by atoms with Crippen LogP contribution in [0.25, 0.3) is 0 Å². The van der Waals surface area contributed by atoms with Crippen LogP contribution in [0.4, 0.5) is 0 Å². The van der Waals surface area contributed by atoms with Gasteiger partial charge in [-0.25, -0.2) is 0 Å². The van der Waals surface area contributed by atoms with E-state index in [4.69, 9.17) is 4.74 Å². The van der Waals surface area contributed by atoms with Crippen molar-refractivity contribution in [2.75, 3.05) is 6.54 Å². The molecule has 0 aliphatic carbocycles. The fourth-order valence-electron chi connectivity index (χ4n) is 1.73. The Balaban J connectivity index is 2.06. The molecule has 0 radical (unpaired) electrons. The van der Waals surface area contributed by atoms with Crippen LogP contribution in [0.2, 0.25) is 0 Å². The van der Waals surface area contributed by atoms with Gasteiger partial charge < -0.3 is 10.1 Å². The average molecular weight is 284 g/mol. The topological polar surface area (TPSA) is 51.2 Å². The van der Waals surface area contributed by atoms with Crippen LogP contribution in [0.1, 0.15) is 29.9 Å². The van der Waals surface area contributed by atoms with Crippen molar-refractivity contribution in [3.8, 4) is 11.5 Å². The van der Waals surface area contributed by atoms with E-state index in [1.165, 1.54) is 5.56 Å². The first-order valence-electron chi connectivity index (χ1n) is 7.03. The highest BCUT2D eigenvalue weighted by Gasteiger charge is 2.09. The molecule has 2 aromatic rings. The highest BCUT2D eigenvalue weighted by molar-refractivity contribution is 5.92. The van der Waals surface area contributed by atoms with Crippen LogP contribution in [0.15, 0.2) is 42.6 Å². The van der Waals surface area contributed by atoms with Gasteiger partial charge in [-0.1, -0.05) is 31.5 Å². The molecule has 1 N–H and O–H groups in total. The molecule has 0 spiro atoms. The monoisotopic (exact) mass is 284 g/mol. The van der Waals surface area contributed by atoms with Gasteiger partial charge in [0.15, 0.2) is 0 Å². The number of benzene rings is 1. The van der Waals surface area contributed by atoms with Crippen molar-refractivity contribution < 1.29 is 9.53 Å². The van der Waals surface area contributed by atoms with E-state index in [1.54, 1.807) is 18.3 Å². The van der Waals surface area contributed by atoms with E-state index in [1.807, 2.05) is 45.0 Å². The third-order valence-electron chi connectivity index (χ3n) is 2.89. The van der Waals surface area contributed by atoms with Crippen molar-refractivity contribution in [2.24, 2.45) is 5.92 Å². The van der Waals surface area contributed by atoms with Crippen molar-refractivity contribution in [2.45, 2.75) is 20.8 Å². The van der Waals surface area contributed by atoms with Gasteiger partial charge in [-0.3, -0.25) is 9.78 Å². The minimum Gasteiger partial charge on any atom is -0.457 e. The molecule has 21 heavy (non-hydrogen) atoms. The molecule has 1 heterocycles. The normalized spacial score (nSPS) is 10.5. The molecule has 1 amide bonds. The minimum absolute atomic E-state index is 0.182. The van der Waals surface area contributed by atoms with Gasteiger partial charge >= 0.3 is 0 Å². The smallest absolute Gasteiger partial charge is 0.270 e. The lowest BCUT2D eigenvalue weighted by atomic mass is 10.2. The van der Waals surface area contributed by atoms with Crippen LogP contribution in [0.3, 0.4) is 0 Å². The lowest BCUT2D eigenvalue weighted by Gasteiger charge is -2.09. The fourth-order valence-corrected chi connectivity index (χ4v) is 1.73. The Labute approximate surface area is 125 Å². The van der Waals surface area contributed by atoms with Crippen LogP contribution in [-0.2, 0) is 0 Å². The minimum atomic E-state index is -0.182. The second-order valence-corrected chi connectivity index (χ2v) is 5.40. The van der Waals surface area contributed by atoms with E-state index < -0.39 is 0 Å². The predicted octanol–water partition coefficient (Wildman–Crippen LogP) is 3.57. The maximum Gasteiger partial charge on any atom is 0.270 e. The molecular formula is C17H20N2O2. The van der Waals surface area contributed by atoms with Gasteiger partial charge in [0.25, 0.3) is 5.91 Å². The Kier molecular flexibility index (Phi) is 4.93. The summed E-state index contributed by atoms with van der Waals surface area (Å²) in [6, 6.07) is 11.1. The zero-order chi connectivity index (χ0) is 15.2. The molecule has 0 fully saturated rings. The molecule has 0 saturated carbocycles. The molecule has 1 aromatic heterocycles. The largest absolute Gasteiger partial charge is 0.457 e. The van der Waals surface area contributed by atoms with Crippen molar-refractivity contribution in [3.05, 3.63) is 53.9 Å². The second kappa shape index (κ2) is 6.88. The lowest BCUT2D eigenvalue weighted by molar-refractivity contribution is 0.0943. The number of carbonyl (C=O) groups is 1. The van der Waals surface area contributed by atoms with Gasteiger partial charge in [0, 0.05) is 18.8 Å². The maximum absolute atomic E-state index is 12.0. The molecule has 2 rings (SSSR count).